The third-order valence-electron chi connectivity index (χ3n) is 20.1. The molecule has 3 N–H and O–H groups in total. The van der Waals surface area contributed by atoms with Crippen molar-refractivity contribution in [2.75, 3.05) is 39.6 Å². The van der Waals surface area contributed by atoms with E-state index in [-0.39, 0.29) is 25.7 Å². The molecule has 103 heavy (non-hydrogen) atoms. The van der Waals surface area contributed by atoms with Crippen molar-refractivity contribution in [3.8, 4) is 0 Å². The van der Waals surface area contributed by atoms with Gasteiger partial charge in [-0.3, -0.25) is 37.3 Å². The first-order valence-electron chi connectivity index (χ1n) is 43.5. The number of carbonyl (C=O) groups excluding carboxylic acids is 4. The summed E-state index contributed by atoms with van der Waals surface area (Å²) in [5.41, 5.74) is 0. The first-order chi connectivity index (χ1) is 49.9. The molecule has 0 saturated carbocycles. The molecule has 0 amide bonds. The van der Waals surface area contributed by atoms with Crippen molar-refractivity contribution in [2.24, 2.45) is 11.8 Å². The van der Waals surface area contributed by atoms with Gasteiger partial charge < -0.3 is 33.8 Å². The van der Waals surface area contributed by atoms with E-state index in [2.05, 4.69) is 41.5 Å². The van der Waals surface area contributed by atoms with Crippen LogP contribution in [-0.4, -0.2) is 96.7 Å². The maximum absolute atomic E-state index is 13.1. The fourth-order valence-electron chi connectivity index (χ4n) is 13.0. The second-order valence-corrected chi connectivity index (χ2v) is 33.8. The lowest BCUT2D eigenvalue weighted by atomic mass is 9.99. The molecule has 0 aromatic rings. The Morgan fingerprint density at radius 3 is 0.738 bits per heavy atom. The van der Waals surface area contributed by atoms with Crippen LogP contribution < -0.4 is 0 Å². The minimum atomic E-state index is -4.96. The summed E-state index contributed by atoms with van der Waals surface area (Å²) in [6.45, 7) is 9.70. The Kier molecular flexibility index (Phi) is 74.1. The van der Waals surface area contributed by atoms with E-state index in [4.69, 9.17) is 37.0 Å². The summed E-state index contributed by atoms with van der Waals surface area (Å²) in [6.07, 6.45) is 66.5. The van der Waals surface area contributed by atoms with Crippen molar-refractivity contribution >= 4 is 39.5 Å². The molecule has 17 nitrogen and oxygen atoms in total. The van der Waals surface area contributed by atoms with E-state index < -0.39 is 97.5 Å². The topological polar surface area (TPSA) is 237 Å². The molecule has 0 fully saturated rings. The van der Waals surface area contributed by atoms with Crippen molar-refractivity contribution < 1.29 is 80.2 Å². The van der Waals surface area contributed by atoms with E-state index in [1.165, 1.54) is 263 Å². The number of aliphatic hydroxyl groups excluding tert-OH is 1. The zero-order chi connectivity index (χ0) is 75.6. The Morgan fingerprint density at radius 1 is 0.282 bits per heavy atom. The molecule has 0 aliphatic heterocycles. The first-order valence-corrected chi connectivity index (χ1v) is 46.5. The number of hydrogen-bond donors (Lipinski definition) is 3. The number of esters is 4. The molecule has 0 radical (unpaired) electrons. The molecule has 0 spiro atoms. The van der Waals surface area contributed by atoms with Crippen LogP contribution in [0.25, 0.3) is 0 Å². The van der Waals surface area contributed by atoms with Gasteiger partial charge in [0.2, 0.25) is 0 Å². The molecule has 0 aromatic carbocycles. The van der Waals surface area contributed by atoms with Crippen LogP contribution in [0, 0.1) is 11.8 Å². The summed E-state index contributed by atoms with van der Waals surface area (Å²) in [6, 6.07) is 0. The normalized spacial score (nSPS) is 14.1. The van der Waals surface area contributed by atoms with Crippen LogP contribution in [-0.2, 0) is 65.4 Å². The zero-order valence-electron chi connectivity index (χ0n) is 67.6. The number of phosphoric acid groups is 2. The molecule has 0 aliphatic rings. The number of unbranched alkanes of at least 4 members (excludes halogenated alkanes) is 52. The van der Waals surface area contributed by atoms with Gasteiger partial charge in [-0.25, -0.2) is 9.13 Å². The Balaban J connectivity index is 5.24. The van der Waals surface area contributed by atoms with Gasteiger partial charge in [-0.15, -0.1) is 0 Å². The summed E-state index contributed by atoms with van der Waals surface area (Å²) in [5.74, 6) is -0.505. The molecule has 0 saturated heterocycles. The molecule has 0 bridgehead atoms. The lowest BCUT2D eigenvalue weighted by Crippen LogP contribution is -2.30. The fraction of sp³-hybridized carbons (Fsp3) is 0.952. The summed E-state index contributed by atoms with van der Waals surface area (Å²) in [4.78, 5) is 73.2. The second-order valence-electron chi connectivity index (χ2n) is 30.9. The highest BCUT2D eigenvalue weighted by atomic mass is 31.2. The van der Waals surface area contributed by atoms with E-state index >= 15 is 0 Å². The zero-order valence-corrected chi connectivity index (χ0v) is 69.4. The van der Waals surface area contributed by atoms with Crippen molar-refractivity contribution in [3.05, 3.63) is 0 Å². The number of carbonyl (C=O) groups is 4. The van der Waals surface area contributed by atoms with Gasteiger partial charge in [0.25, 0.3) is 0 Å². The summed E-state index contributed by atoms with van der Waals surface area (Å²) in [5, 5.41) is 10.7. The SMILES string of the molecule is CCCCCCCCCCCCCCCCCCCC(=O)OC[C@H](COP(=O)(O)OC[C@@H](O)COP(=O)(O)OC[C@@H](COC(=O)CCCCCCCCCCC(C)CC)OC(=O)CCCCCCCCCCCCCCC)OC(=O)CCCCCCCCCCCCCCCCCCCCC(C)C. The molecule has 612 valence electrons. The molecule has 0 heterocycles. The number of aliphatic hydroxyl groups is 1. The molecule has 3 unspecified atom stereocenters. The maximum atomic E-state index is 13.1. The molecular formula is C84H164O17P2. The minimum Gasteiger partial charge on any atom is -0.462 e. The van der Waals surface area contributed by atoms with Gasteiger partial charge in [0.15, 0.2) is 12.2 Å². The standard InChI is InChI=1S/C84H164O17P2/c1-7-10-12-14-16-18-20-22-23-26-30-34-37-41-48-54-60-66-81(86)94-72-79(100-84(89)69-63-57-51-43-39-35-31-28-25-24-27-29-33-36-40-46-52-58-64-76(4)5)74-98-102(90,91)96-70-78(85)71-97-103(92,93)99-75-80(73-95-82(87)67-61-55-49-45-44-47-53-59-65-77(6)9-3)101-83(88)68-62-56-50-42-38-32-21-19-17-15-13-11-8-2/h76-80,85H,7-75H2,1-6H3,(H,90,91)(H,92,93)/t77?,78-,79-,80-/m1/s1. The van der Waals surface area contributed by atoms with Crippen molar-refractivity contribution in [3.63, 3.8) is 0 Å². The average molecular weight is 1510 g/mol. The number of phosphoric ester groups is 2. The van der Waals surface area contributed by atoms with Gasteiger partial charge in [0, 0.05) is 25.7 Å². The molecule has 0 aromatic heterocycles. The number of rotatable bonds is 83. The van der Waals surface area contributed by atoms with Crippen LogP contribution in [0.15, 0.2) is 0 Å². The van der Waals surface area contributed by atoms with Crippen molar-refractivity contribution in [2.45, 2.75) is 464 Å². The smallest absolute Gasteiger partial charge is 0.462 e. The third kappa shape index (κ3) is 76.6. The van der Waals surface area contributed by atoms with Gasteiger partial charge in [-0.2, -0.15) is 0 Å². The highest BCUT2D eigenvalue weighted by Gasteiger charge is 2.30. The van der Waals surface area contributed by atoms with Crippen LogP contribution in [0.4, 0.5) is 0 Å². The summed E-state index contributed by atoms with van der Waals surface area (Å²) >= 11 is 0. The lowest BCUT2D eigenvalue weighted by molar-refractivity contribution is -0.161. The van der Waals surface area contributed by atoms with E-state index in [9.17, 15) is 43.2 Å². The third-order valence-corrected chi connectivity index (χ3v) is 22.0. The van der Waals surface area contributed by atoms with Gasteiger partial charge in [-0.1, -0.05) is 395 Å². The monoisotopic (exact) mass is 1510 g/mol. The lowest BCUT2D eigenvalue weighted by Gasteiger charge is -2.21. The predicted molar refractivity (Wildman–Crippen MR) is 423 cm³/mol. The maximum Gasteiger partial charge on any atom is 0.472 e. The quantitative estimate of drug-likeness (QED) is 0.0222. The average Bonchev–Trinajstić information content (AvgIpc) is 0.905. The Labute approximate surface area is 632 Å². The van der Waals surface area contributed by atoms with Crippen LogP contribution >= 0.6 is 15.6 Å². The Hall–Kier alpha value is -1.94. The van der Waals surface area contributed by atoms with Crippen LogP contribution in [0.2, 0.25) is 0 Å². The van der Waals surface area contributed by atoms with Crippen LogP contribution in [0.1, 0.15) is 446 Å². The largest absolute Gasteiger partial charge is 0.472 e. The predicted octanol–water partition coefficient (Wildman–Crippen LogP) is 25.5. The van der Waals surface area contributed by atoms with Gasteiger partial charge in [0.1, 0.15) is 19.3 Å². The minimum absolute atomic E-state index is 0.108. The Bertz CT molecular complexity index is 1980. The van der Waals surface area contributed by atoms with E-state index in [1.807, 2.05) is 0 Å². The van der Waals surface area contributed by atoms with E-state index in [0.29, 0.717) is 25.7 Å². The molecular weight excluding hydrogens is 1340 g/mol. The molecule has 19 heteroatoms. The number of hydrogen-bond acceptors (Lipinski definition) is 15. The first kappa shape index (κ1) is 101. The van der Waals surface area contributed by atoms with Gasteiger partial charge >= 0.3 is 39.5 Å². The molecule has 6 atom stereocenters. The number of ether oxygens (including phenoxy) is 4. The van der Waals surface area contributed by atoms with E-state index in [0.717, 1.165) is 102 Å². The Morgan fingerprint density at radius 2 is 0.495 bits per heavy atom. The van der Waals surface area contributed by atoms with Crippen molar-refractivity contribution in [1.29, 1.82) is 0 Å². The van der Waals surface area contributed by atoms with Gasteiger partial charge in [-0.05, 0) is 37.5 Å². The van der Waals surface area contributed by atoms with Gasteiger partial charge in [0.05, 0.1) is 26.4 Å². The highest BCUT2D eigenvalue weighted by molar-refractivity contribution is 7.47. The molecule has 0 aliphatic carbocycles. The fourth-order valence-corrected chi connectivity index (χ4v) is 14.6. The molecule has 0 rings (SSSR count). The van der Waals surface area contributed by atoms with Crippen LogP contribution in [0.3, 0.4) is 0 Å². The van der Waals surface area contributed by atoms with Crippen LogP contribution in [0.5, 0.6) is 0 Å². The van der Waals surface area contributed by atoms with Crippen molar-refractivity contribution in [1.82, 2.24) is 0 Å². The summed E-state index contributed by atoms with van der Waals surface area (Å²) < 4.78 is 68.8. The second kappa shape index (κ2) is 75.5. The summed E-state index contributed by atoms with van der Waals surface area (Å²) in [7, 11) is -9.92. The van der Waals surface area contributed by atoms with E-state index in [1.54, 1.807) is 0 Å². The highest BCUT2D eigenvalue weighted by Crippen LogP contribution is 2.45.